The van der Waals surface area contributed by atoms with Crippen molar-refractivity contribution in [3.63, 3.8) is 0 Å². The second kappa shape index (κ2) is 10.5. The Kier molecular flexibility index (Phi) is 7.09. The molecule has 9 nitrogen and oxygen atoms in total. The van der Waals surface area contributed by atoms with Gasteiger partial charge in [-0.2, -0.15) is 0 Å². The van der Waals surface area contributed by atoms with Crippen LogP contribution in [0.5, 0.6) is 5.75 Å². The molecule has 5 aromatic rings. The minimum absolute atomic E-state index is 0.226. The molecule has 198 valence electrons. The highest BCUT2D eigenvalue weighted by Gasteiger charge is 2.33. The second-order valence-electron chi connectivity index (χ2n) is 9.06. The van der Waals surface area contributed by atoms with E-state index in [0.29, 0.717) is 11.6 Å². The fraction of sp³-hybridized carbons (Fsp3) is 0.280. The molecule has 1 fully saturated rings. The summed E-state index contributed by atoms with van der Waals surface area (Å²) in [4.78, 5) is 24.6. The second-order valence-corrected chi connectivity index (χ2v) is 9.42. The van der Waals surface area contributed by atoms with Gasteiger partial charge in [0.05, 0.1) is 10.8 Å². The van der Waals surface area contributed by atoms with E-state index in [2.05, 4.69) is 39.5 Å². The van der Waals surface area contributed by atoms with Gasteiger partial charge in [-0.1, -0.05) is 23.7 Å². The fourth-order valence-corrected chi connectivity index (χ4v) is 4.70. The zero-order chi connectivity index (χ0) is 26.8. The predicted molar refractivity (Wildman–Crippen MR) is 138 cm³/mol. The van der Waals surface area contributed by atoms with Gasteiger partial charge in [-0.25, -0.2) is 19.9 Å². The number of anilines is 1. The summed E-state index contributed by atoms with van der Waals surface area (Å²) >= 11 is 5.73. The van der Waals surface area contributed by atoms with Crippen molar-refractivity contribution in [2.75, 3.05) is 18.0 Å². The number of aromatic amines is 2. The molecule has 0 saturated carbocycles. The molecule has 1 aliphatic rings. The van der Waals surface area contributed by atoms with Crippen LogP contribution >= 0.6 is 11.6 Å². The van der Waals surface area contributed by atoms with E-state index in [1.54, 1.807) is 24.7 Å². The van der Waals surface area contributed by atoms with Gasteiger partial charge >= 0.3 is 6.36 Å². The van der Waals surface area contributed by atoms with E-state index < -0.39 is 11.9 Å². The molecule has 4 aromatic heterocycles. The first-order chi connectivity index (χ1) is 18.2. The molecule has 0 atom stereocenters. The molecule has 0 aliphatic carbocycles. The number of rotatable bonds is 4. The van der Waals surface area contributed by atoms with Gasteiger partial charge in [0.15, 0.2) is 0 Å². The number of piperidine rings is 1. The van der Waals surface area contributed by atoms with E-state index in [1.807, 2.05) is 18.3 Å². The van der Waals surface area contributed by atoms with Gasteiger partial charge in [-0.3, -0.25) is 0 Å². The Morgan fingerprint density at radius 2 is 1.50 bits per heavy atom. The minimum Gasteiger partial charge on any atom is -0.406 e. The summed E-state index contributed by atoms with van der Waals surface area (Å²) in [5.74, 6) is 0.665. The zero-order valence-electron chi connectivity index (χ0n) is 20.0. The molecule has 4 N–H and O–H groups in total. The predicted octanol–water partition coefficient (Wildman–Crippen LogP) is 5.01. The zero-order valence-corrected chi connectivity index (χ0v) is 20.8. The molecule has 0 spiro atoms. The number of halogens is 4. The highest BCUT2D eigenvalue weighted by Crippen LogP contribution is 2.30. The first-order valence-corrected chi connectivity index (χ1v) is 12.2. The Labute approximate surface area is 220 Å². The lowest BCUT2D eigenvalue weighted by atomic mass is 9.83. The average Bonchev–Trinajstić information content (AvgIpc) is 3.56. The first kappa shape index (κ1) is 25.7. The fourth-order valence-electron chi connectivity index (χ4n) is 4.51. The van der Waals surface area contributed by atoms with Crippen LogP contribution in [0.1, 0.15) is 18.4 Å². The molecule has 0 radical (unpaired) electrons. The van der Waals surface area contributed by atoms with Crippen LogP contribution in [-0.4, -0.2) is 54.9 Å². The normalized spacial score (nSPS) is 15.3. The summed E-state index contributed by atoms with van der Waals surface area (Å²) in [6, 6.07) is 9.72. The summed E-state index contributed by atoms with van der Waals surface area (Å²) in [7, 11) is 0. The third-order valence-electron chi connectivity index (χ3n) is 6.41. The van der Waals surface area contributed by atoms with Crippen LogP contribution in [0.25, 0.3) is 22.1 Å². The monoisotopic (exact) mass is 544 g/mol. The smallest absolute Gasteiger partial charge is 0.406 e. The average molecular weight is 545 g/mol. The molecule has 1 aliphatic heterocycles. The van der Waals surface area contributed by atoms with E-state index in [-0.39, 0.29) is 5.75 Å². The number of hydrogen-bond acceptors (Lipinski definition) is 7. The number of nitrogens with one attached hydrogen (secondary N) is 2. The van der Waals surface area contributed by atoms with Crippen molar-refractivity contribution in [1.29, 1.82) is 0 Å². The van der Waals surface area contributed by atoms with Gasteiger partial charge in [0, 0.05) is 31.0 Å². The number of benzene rings is 1. The molecular weight excluding hydrogens is 521 g/mol. The Balaban J connectivity index is 0.000000244. The third kappa shape index (κ3) is 5.97. The minimum atomic E-state index is -4.69. The Bertz CT molecular complexity index is 1510. The number of hydrogen-bond donors (Lipinski definition) is 3. The molecule has 38 heavy (non-hydrogen) atoms. The van der Waals surface area contributed by atoms with Crippen LogP contribution in [0.2, 0.25) is 5.15 Å². The molecule has 6 rings (SSSR count). The standard InChI is InChI=1S/C19H20F3N5O.C6H4ClN3/c20-19(21,22)28-14-3-1-13(2-4-14)11-18(23)6-9-27(10-7-18)17-15-5-8-24-16(15)25-12-26-17;7-5-4-1-2-8-6(4)10-3-9-5/h1-5,8,12H,6-7,9-11,23H2,(H,24,25,26);1-3H,(H,8,9,10). The lowest BCUT2D eigenvalue weighted by Gasteiger charge is -2.40. The lowest BCUT2D eigenvalue weighted by molar-refractivity contribution is -0.274. The van der Waals surface area contributed by atoms with E-state index in [9.17, 15) is 13.2 Å². The number of nitrogens with zero attached hydrogens (tertiary/aromatic N) is 5. The van der Waals surface area contributed by atoms with Gasteiger partial charge in [-0.05, 0) is 49.1 Å². The van der Waals surface area contributed by atoms with Crippen LogP contribution in [-0.2, 0) is 6.42 Å². The van der Waals surface area contributed by atoms with Crippen LogP contribution in [0.15, 0.2) is 61.4 Å². The number of fused-ring (bicyclic) bond motifs is 2. The quantitative estimate of drug-likeness (QED) is 0.272. The first-order valence-electron chi connectivity index (χ1n) is 11.8. The maximum Gasteiger partial charge on any atom is 0.573 e. The summed E-state index contributed by atoms with van der Waals surface area (Å²) < 4.78 is 40.7. The Hall–Kier alpha value is -3.90. The van der Waals surface area contributed by atoms with Crippen molar-refractivity contribution in [2.45, 2.75) is 31.2 Å². The highest BCUT2D eigenvalue weighted by molar-refractivity contribution is 6.33. The van der Waals surface area contributed by atoms with Crippen molar-refractivity contribution in [2.24, 2.45) is 5.73 Å². The van der Waals surface area contributed by atoms with Gasteiger partial charge in [0.1, 0.15) is 40.7 Å². The van der Waals surface area contributed by atoms with Crippen LogP contribution < -0.4 is 15.4 Å². The number of H-pyrrole nitrogens is 2. The van der Waals surface area contributed by atoms with Crippen LogP contribution in [0.4, 0.5) is 19.0 Å². The van der Waals surface area contributed by atoms with Gasteiger partial charge < -0.3 is 25.3 Å². The largest absolute Gasteiger partial charge is 0.573 e. The van der Waals surface area contributed by atoms with Crippen molar-refractivity contribution in [3.8, 4) is 5.75 Å². The Morgan fingerprint density at radius 3 is 2.13 bits per heavy atom. The number of ether oxygens (including phenoxy) is 1. The number of nitrogens with two attached hydrogens (primary N) is 1. The SMILES string of the molecule is Clc1ncnc2[nH]ccc12.NC1(Cc2ccc(OC(F)(F)F)cc2)CCN(c2ncnc3[nH]ccc23)CC1. The van der Waals surface area contributed by atoms with E-state index in [0.717, 1.165) is 59.4 Å². The summed E-state index contributed by atoms with van der Waals surface area (Å²) in [5, 5.41) is 2.34. The van der Waals surface area contributed by atoms with Gasteiger partial charge in [0.2, 0.25) is 0 Å². The maximum absolute atomic E-state index is 12.3. The lowest BCUT2D eigenvalue weighted by Crippen LogP contribution is -2.52. The topological polar surface area (TPSA) is 122 Å². The maximum atomic E-state index is 12.3. The van der Waals surface area contributed by atoms with Gasteiger partial charge in [-0.15, -0.1) is 13.2 Å². The number of aromatic nitrogens is 6. The molecule has 13 heteroatoms. The van der Waals surface area contributed by atoms with Crippen LogP contribution in [0, 0.1) is 0 Å². The van der Waals surface area contributed by atoms with Crippen molar-refractivity contribution < 1.29 is 17.9 Å². The van der Waals surface area contributed by atoms with Crippen molar-refractivity contribution in [1.82, 2.24) is 29.9 Å². The van der Waals surface area contributed by atoms with Crippen molar-refractivity contribution in [3.05, 3.63) is 72.2 Å². The van der Waals surface area contributed by atoms with E-state index >= 15 is 0 Å². The van der Waals surface area contributed by atoms with Crippen molar-refractivity contribution >= 4 is 39.5 Å². The summed E-state index contributed by atoms with van der Waals surface area (Å²) in [5.41, 5.74) is 8.65. The van der Waals surface area contributed by atoms with E-state index in [1.165, 1.54) is 18.5 Å². The molecule has 1 aromatic carbocycles. The number of alkyl halides is 3. The molecule has 1 saturated heterocycles. The molecular formula is C25H24ClF3N8O. The third-order valence-corrected chi connectivity index (χ3v) is 6.71. The molecule has 0 bridgehead atoms. The highest BCUT2D eigenvalue weighted by atomic mass is 35.5. The molecule has 5 heterocycles. The summed E-state index contributed by atoms with van der Waals surface area (Å²) in [6.07, 6.45) is 4.01. The molecule has 0 unspecified atom stereocenters. The van der Waals surface area contributed by atoms with Crippen LogP contribution in [0.3, 0.4) is 0 Å². The summed E-state index contributed by atoms with van der Waals surface area (Å²) in [6.45, 7) is 1.51. The molecule has 0 amide bonds. The van der Waals surface area contributed by atoms with Gasteiger partial charge in [0.25, 0.3) is 0 Å². The Morgan fingerprint density at radius 1 is 0.895 bits per heavy atom. The van der Waals surface area contributed by atoms with E-state index in [4.69, 9.17) is 17.3 Å².